The van der Waals surface area contributed by atoms with Crippen LogP contribution in [0, 0.1) is 6.92 Å². The van der Waals surface area contributed by atoms with Gasteiger partial charge in [0.1, 0.15) is 6.54 Å². The quantitative estimate of drug-likeness (QED) is 0.674. The van der Waals surface area contributed by atoms with E-state index in [1.165, 1.54) is 12.1 Å². The molecule has 0 amide bonds. The Morgan fingerprint density at radius 3 is 2.48 bits per heavy atom. The van der Waals surface area contributed by atoms with Crippen molar-refractivity contribution in [1.29, 1.82) is 0 Å². The van der Waals surface area contributed by atoms with E-state index in [0.717, 1.165) is 16.3 Å². The number of nitrogens with two attached hydrogens (primary N) is 2. The number of benzene rings is 1. The van der Waals surface area contributed by atoms with Crippen LogP contribution in [-0.4, -0.2) is 42.0 Å². The van der Waals surface area contributed by atoms with E-state index in [9.17, 15) is 13.2 Å². The Balaban J connectivity index is 2.49. The van der Waals surface area contributed by atoms with Crippen molar-refractivity contribution in [3.63, 3.8) is 0 Å². The summed E-state index contributed by atoms with van der Waals surface area (Å²) in [6.07, 6.45) is 2.47. The zero-order valence-corrected chi connectivity index (χ0v) is 13.9. The smallest absolute Gasteiger partial charge is 0.318 e. The van der Waals surface area contributed by atoms with E-state index in [4.69, 9.17) is 16.6 Å². The van der Waals surface area contributed by atoms with Crippen molar-refractivity contribution in [1.82, 2.24) is 4.31 Å². The molecule has 0 spiro atoms. The number of aryl methyl sites for hydroxylation is 1. The molecule has 1 fully saturated rings. The molecule has 1 aliphatic rings. The Hall–Kier alpha value is -1.48. The van der Waals surface area contributed by atoms with E-state index in [0.29, 0.717) is 19.3 Å². The van der Waals surface area contributed by atoms with Crippen molar-refractivity contribution in [2.45, 2.75) is 49.2 Å². The third-order valence-corrected chi connectivity index (χ3v) is 6.25. The fraction of sp³-hybridized carbons (Fsp3) is 0.533. The van der Waals surface area contributed by atoms with Gasteiger partial charge in [-0.15, -0.1) is 0 Å². The summed E-state index contributed by atoms with van der Waals surface area (Å²) in [5, 5.41) is 9.17. The Morgan fingerprint density at radius 2 is 1.96 bits per heavy atom. The molecule has 8 heteroatoms. The summed E-state index contributed by atoms with van der Waals surface area (Å²) in [4.78, 5) is 11.3. The van der Waals surface area contributed by atoms with E-state index >= 15 is 0 Å². The molecule has 128 valence electrons. The minimum atomic E-state index is -4.06. The first-order valence-electron chi connectivity index (χ1n) is 7.54. The highest BCUT2D eigenvalue weighted by Gasteiger charge is 2.47. The number of hydrogen-bond donors (Lipinski definition) is 3. The Labute approximate surface area is 136 Å². The molecule has 23 heavy (non-hydrogen) atoms. The molecule has 1 aromatic carbocycles. The lowest BCUT2D eigenvalue weighted by Crippen LogP contribution is -2.69. The second-order valence-corrected chi connectivity index (χ2v) is 7.92. The molecule has 0 heterocycles. The van der Waals surface area contributed by atoms with Gasteiger partial charge in [0.2, 0.25) is 10.0 Å². The molecule has 0 aromatic heterocycles. The van der Waals surface area contributed by atoms with Gasteiger partial charge in [-0.05, 0) is 31.9 Å². The summed E-state index contributed by atoms with van der Waals surface area (Å²) in [7, 11) is -4.06. The van der Waals surface area contributed by atoms with Crippen LogP contribution in [0.1, 0.15) is 31.2 Å². The van der Waals surface area contributed by atoms with Crippen molar-refractivity contribution < 1.29 is 18.3 Å². The molecule has 5 N–H and O–H groups in total. The zero-order valence-electron chi connectivity index (χ0n) is 13.1. The Morgan fingerprint density at radius 1 is 1.35 bits per heavy atom. The van der Waals surface area contributed by atoms with Crippen molar-refractivity contribution in [2.75, 3.05) is 6.54 Å². The first-order chi connectivity index (χ1) is 10.7. The van der Waals surface area contributed by atoms with Crippen molar-refractivity contribution >= 4 is 16.0 Å². The third kappa shape index (κ3) is 3.55. The molecule has 0 radical (unpaired) electrons. The molecular weight excluding hydrogens is 318 g/mol. The molecule has 1 saturated carbocycles. The monoisotopic (exact) mass is 341 g/mol. The molecule has 2 unspecified atom stereocenters. The van der Waals surface area contributed by atoms with Gasteiger partial charge in [-0.3, -0.25) is 4.79 Å². The summed E-state index contributed by atoms with van der Waals surface area (Å²) in [5.41, 5.74) is 11.9. The van der Waals surface area contributed by atoms with Crippen molar-refractivity contribution in [3.8, 4) is 0 Å². The second-order valence-electron chi connectivity index (χ2n) is 6.06. The van der Waals surface area contributed by atoms with Crippen LogP contribution in [-0.2, 0) is 14.8 Å². The largest absolute Gasteiger partial charge is 0.480 e. The number of rotatable bonds is 5. The van der Waals surface area contributed by atoms with Crippen LogP contribution >= 0.6 is 0 Å². The molecule has 1 aliphatic carbocycles. The van der Waals surface area contributed by atoms with Crippen LogP contribution in [0.5, 0.6) is 0 Å². The second kappa shape index (κ2) is 6.56. The first kappa shape index (κ1) is 17.9. The number of carbonyl (C=O) groups is 1. The average molecular weight is 341 g/mol. The van der Waals surface area contributed by atoms with Crippen LogP contribution in [0.15, 0.2) is 29.2 Å². The number of nitrogens with zero attached hydrogens (tertiary/aromatic N) is 1. The number of carboxylic acids is 1. The molecule has 0 saturated heterocycles. The van der Waals surface area contributed by atoms with E-state index in [1.54, 1.807) is 12.1 Å². The molecule has 7 nitrogen and oxygen atoms in total. The molecule has 0 aliphatic heterocycles. The predicted molar refractivity (Wildman–Crippen MR) is 86.1 cm³/mol. The van der Waals surface area contributed by atoms with E-state index < -0.39 is 34.2 Å². The fourth-order valence-corrected chi connectivity index (χ4v) is 4.62. The molecule has 1 aromatic rings. The van der Waals surface area contributed by atoms with E-state index in [2.05, 4.69) is 0 Å². The zero-order chi connectivity index (χ0) is 17.3. The predicted octanol–water partition coefficient (Wildman–Crippen LogP) is 0.627. The lowest BCUT2D eigenvalue weighted by Gasteiger charge is -2.45. The van der Waals surface area contributed by atoms with E-state index in [-0.39, 0.29) is 4.90 Å². The van der Waals surface area contributed by atoms with E-state index in [1.807, 2.05) is 6.92 Å². The van der Waals surface area contributed by atoms with Gasteiger partial charge in [0.25, 0.3) is 0 Å². The van der Waals surface area contributed by atoms with Gasteiger partial charge in [0.15, 0.2) is 0 Å². The highest BCUT2D eigenvalue weighted by atomic mass is 32.2. The third-order valence-electron chi connectivity index (χ3n) is 4.34. The van der Waals surface area contributed by atoms with Crippen LogP contribution in [0.4, 0.5) is 0 Å². The minimum absolute atomic E-state index is 0.0203. The summed E-state index contributed by atoms with van der Waals surface area (Å²) in [5.74, 6) is -1.26. The summed E-state index contributed by atoms with van der Waals surface area (Å²) < 4.78 is 26.8. The Bertz CT molecular complexity index is 674. The normalized spacial score (nSPS) is 25.5. The summed E-state index contributed by atoms with van der Waals surface area (Å²) >= 11 is 0. The first-order valence-corrected chi connectivity index (χ1v) is 8.98. The van der Waals surface area contributed by atoms with Gasteiger partial charge in [0.05, 0.1) is 10.6 Å². The van der Waals surface area contributed by atoms with Gasteiger partial charge in [-0.1, -0.05) is 30.5 Å². The van der Waals surface area contributed by atoms with Gasteiger partial charge < -0.3 is 16.6 Å². The Kier molecular flexibility index (Phi) is 5.10. The lowest BCUT2D eigenvalue weighted by molar-refractivity contribution is -0.138. The summed E-state index contributed by atoms with van der Waals surface area (Å²) in [6.45, 7) is 1.13. The number of aliphatic carboxylic acids is 1. The summed E-state index contributed by atoms with van der Waals surface area (Å²) in [6, 6.07) is 5.64. The van der Waals surface area contributed by atoms with Crippen LogP contribution in [0.2, 0.25) is 0 Å². The maximum Gasteiger partial charge on any atom is 0.318 e. The average Bonchev–Trinajstić information content (AvgIpc) is 2.48. The molecular formula is C15H23N3O4S. The maximum atomic E-state index is 13.0. The molecule has 2 rings (SSSR count). The molecule has 2 atom stereocenters. The van der Waals surface area contributed by atoms with Crippen LogP contribution in [0.25, 0.3) is 0 Å². The van der Waals surface area contributed by atoms with Gasteiger partial charge >= 0.3 is 5.97 Å². The maximum absolute atomic E-state index is 13.0. The van der Waals surface area contributed by atoms with Crippen LogP contribution < -0.4 is 11.5 Å². The highest BCUT2D eigenvalue weighted by molar-refractivity contribution is 7.89. The topological polar surface area (TPSA) is 127 Å². The van der Waals surface area contributed by atoms with Crippen molar-refractivity contribution in [3.05, 3.63) is 29.8 Å². The van der Waals surface area contributed by atoms with Gasteiger partial charge in [-0.2, -0.15) is 4.31 Å². The van der Waals surface area contributed by atoms with Gasteiger partial charge in [0, 0.05) is 6.04 Å². The SMILES string of the molecule is Cc1ccc(S(=O)(=O)N(CC(=O)O)C2(N)CCCCC2N)cc1. The lowest BCUT2D eigenvalue weighted by atomic mass is 9.85. The molecule has 0 bridgehead atoms. The van der Waals surface area contributed by atoms with Crippen molar-refractivity contribution in [2.24, 2.45) is 11.5 Å². The van der Waals surface area contributed by atoms with Gasteiger partial charge in [-0.25, -0.2) is 8.42 Å². The number of sulfonamides is 1. The minimum Gasteiger partial charge on any atom is -0.480 e. The standard InChI is InChI=1S/C15H23N3O4S/c1-11-5-7-12(8-6-11)23(21,22)18(10-14(19)20)15(17)9-3-2-4-13(15)16/h5-8,13H,2-4,9-10,16-17H2,1H3,(H,19,20). The van der Waals surface area contributed by atoms with Crippen LogP contribution in [0.3, 0.4) is 0 Å². The highest BCUT2D eigenvalue weighted by Crippen LogP contribution is 2.32. The fourth-order valence-electron chi connectivity index (χ4n) is 2.93. The number of hydrogen-bond acceptors (Lipinski definition) is 5. The number of carboxylic acid groups (broad SMARTS) is 1.